The summed E-state index contributed by atoms with van der Waals surface area (Å²) in [6, 6.07) is 7.85. The van der Waals surface area contributed by atoms with Gasteiger partial charge < -0.3 is 15.3 Å². The molecule has 3 N–H and O–H groups in total. The number of thiophene rings is 1. The second-order valence-electron chi connectivity index (χ2n) is 9.20. The molecule has 0 bridgehead atoms. The van der Waals surface area contributed by atoms with Crippen LogP contribution in [0, 0.1) is 17.3 Å². The van der Waals surface area contributed by atoms with Gasteiger partial charge in [0, 0.05) is 39.6 Å². The Labute approximate surface area is 203 Å². The number of aliphatic hydroxyl groups is 2. The van der Waals surface area contributed by atoms with Crippen molar-refractivity contribution in [1.82, 2.24) is 0 Å². The molecule has 1 aromatic carbocycles. The number of halogens is 1. The molecular weight excluding hydrogens is 460 g/mol. The number of fused-ring (bicyclic) bond motifs is 1. The topological polar surface area (TPSA) is 94.8 Å². The lowest BCUT2D eigenvalue weighted by Gasteiger charge is -2.22. The Morgan fingerprint density at radius 2 is 2.00 bits per heavy atom. The lowest BCUT2D eigenvalue weighted by Crippen LogP contribution is -2.31. The number of benzene rings is 1. The Hall–Kier alpha value is -1.99. The number of ketones is 1. The normalized spacial score (nSPS) is 23.8. The first-order chi connectivity index (χ1) is 15.6. The van der Waals surface area contributed by atoms with Gasteiger partial charge in [0.2, 0.25) is 0 Å². The summed E-state index contributed by atoms with van der Waals surface area (Å²) in [4.78, 5) is 24.5. The molecule has 0 saturated heterocycles. The third kappa shape index (κ3) is 5.93. The highest BCUT2D eigenvalue weighted by Crippen LogP contribution is 2.45. The van der Waals surface area contributed by atoms with Crippen LogP contribution in [0.4, 0.5) is 0 Å². The summed E-state index contributed by atoms with van der Waals surface area (Å²) in [6.45, 7) is 3.51. The molecule has 5 nitrogen and oxygen atoms in total. The minimum absolute atomic E-state index is 0.00174. The molecule has 1 aliphatic rings. The van der Waals surface area contributed by atoms with Gasteiger partial charge in [0.25, 0.3) is 0 Å². The molecule has 33 heavy (non-hydrogen) atoms. The number of carboxylic acids is 1. The molecule has 1 aromatic heterocycles. The molecule has 0 spiro atoms. The summed E-state index contributed by atoms with van der Waals surface area (Å²) in [6.07, 6.45) is 7.73. The van der Waals surface area contributed by atoms with Crippen LogP contribution in [0.3, 0.4) is 0 Å². The molecule has 1 fully saturated rings. The van der Waals surface area contributed by atoms with E-state index in [1.807, 2.05) is 36.4 Å². The average Bonchev–Trinajstić information content (AvgIpc) is 3.16. The lowest BCUT2D eigenvalue weighted by molar-refractivity contribution is -0.137. The minimum Gasteiger partial charge on any atom is -0.481 e. The van der Waals surface area contributed by atoms with Crippen LogP contribution in [-0.2, 0) is 16.0 Å². The van der Waals surface area contributed by atoms with Crippen molar-refractivity contribution < 1.29 is 24.9 Å². The number of aliphatic carboxylic acids is 1. The van der Waals surface area contributed by atoms with E-state index >= 15 is 0 Å². The van der Waals surface area contributed by atoms with Crippen molar-refractivity contribution >= 4 is 44.8 Å². The first-order valence-electron chi connectivity index (χ1n) is 11.2. The predicted molar refractivity (Wildman–Crippen MR) is 133 cm³/mol. The summed E-state index contributed by atoms with van der Waals surface area (Å²) < 4.78 is 1.07. The molecule has 1 saturated carbocycles. The zero-order chi connectivity index (χ0) is 24.2. The monoisotopic (exact) mass is 490 g/mol. The predicted octanol–water partition coefficient (Wildman–Crippen LogP) is 5.42. The minimum atomic E-state index is -0.865. The first kappa shape index (κ1) is 25.6. The van der Waals surface area contributed by atoms with Gasteiger partial charge in [-0.2, -0.15) is 0 Å². The van der Waals surface area contributed by atoms with Gasteiger partial charge in [-0.1, -0.05) is 68.0 Å². The van der Waals surface area contributed by atoms with Crippen LogP contribution in [0.15, 0.2) is 48.6 Å². The maximum Gasteiger partial charge on any atom is 0.303 e. The maximum absolute atomic E-state index is 13.0. The maximum atomic E-state index is 13.0. The molecule has 2 aromatic rings. The smallest absolute Gasteiger partial charge is 0.303 e. The third-order valence-electron chi connectivity index (χ3n) is 6.41. The van der Waals surface area contributed by atoms with Crippen molar-refractivity contribution in [2.75, 3.05) is 0 Å². The van der Waals surface area contributed by atoms with E-state index in [1.54, 1.807) is 37.3 Å². The van der Waals surface area contributed by atoms with Gasteiger partial charge in [-0.25, -0.2) is 0 Å². The SMILES string of the molecule is CC1(C)C(=O)[C@H](C/C=C\CCCC(=O)O)[C@@H](/C=C/[C@@H](O)Cc2sc3ccccc3c2Cl)[C@@H]1O. The molecule has 178 valence electrons. The fraction of sp³-hybridized carbons (Fsp3) is 0.462. The van der Waals surface area contributed by atoms with Gasteiger partial charge in [-0.15, -0.1) is 11.3 Å². The van der Waals surface area contributed by atoms with E-state index in [9.17, 15) is 19.8 Å². The van der Waals surface area contributed by atoms with Crippen molar-refractivity contribution in [2.24, 2.45) is 17.3 Å². The highest BCUT2D eigenvalue weighted by Gasteiger charge is 2.52. The largest absolute Gasteiger partial charge is 0.481 e. The van der Waals surface area contributed by atoms with Gasteiger partial charge in [-0.3, -0.25) is 9.59 Å². The van der Waals surface area contributed by atoms with Crippen LogP contribution in [0.1, 0.15) is 44.4 Å². The van der Waals surface area contributed by atoms with Crippen molar-refractivity contribution in [3.8, 4) is 0 Å². The van der Waals surface area contributed by atoms with E-state index in [0.717, 1.165) is 15.0 Å². The first-order valence-corrected chi connectivity index (χ1v) is 12.4. The summed E-state index contributed by atoms with van der Waals surface area (Å²) in [5.41, 5.74) is -0.865. The Balaban J connectivity index is 1.67. The number of hydrogen-bond acceptors (Lipinski definition) is 5. The van der Waals surface area contributed by atoms with Crippen LogP contribution >= 0.6 is 22.9 Å². The second-order valence-corrected chi connectivity index (χ2v) is 10.7. The lowest BCUT2D eigenvalue weighted by atomic mass is 9.86. The second kappa shape index (κ2) is 11.0. The Morgan fingerprint density at radius 1 is 1.27 bits per heavy atom. The number of hydrogen-bond donors (Lipinski definition) is 3. The van der Waals surface area contributed by atoms with E-state index in [-0.39, 0.29) is 18.1 Å². The molecule has 0 unspecified atom stereocenters. The van der Waals surface area contributed by atoms with Crippen molar-refractivity contribution in [3.63, 3.8) is 0 Å². The zero-order valence-corrected chi connectivity index (χ0v) is 20.5. The summed E-state index contributed by atoms with van der Waals surface area (Å²) >= 11 is 8.05. The Bertz CT molecular complexity index is 1050. The van der Waals surface area contributed by atoms with Crippen molar-refractivity contribution in [3.05, 3.63) is 58.5 Å². The molecule has 7 heteroatoms. The van der Waals surface area contributed by atoms with Gasteiger partial charge >= 0.3 is 5.97 Å². The van der Waals surface area contributed by atoms with Crippen LogP contribution < -0.4 is 0 Å². The molecule has 0 radical (unpaired) electrons. The number of Topliss-reactive ketones (excluding diaryl/α,β-unsaturated/α-hetero) is 1. The molecule has 0 amide bonds. The zero-order valence-electron chi connectivity index (χ0n) is 18.9. The van der Waals surface area contributed by atoms with Crippen LogP contribution in [-0.4, -0.2) is 39.3 Å². The summed E-state index contributed by atoms with van der Waals surface area (Å²) in [5, 5.41) is 31.8. The number of aliphatic hydroxyl groups excluding tert-OH is 2. The van der Waals surface area contributed by atoms with Crippen molar-refractivity contribution in [1.29, 1.82) is 0 Å². The van der Waals surface area contributed by atoms with Crippen molar-refractivity contribution in [2.45, 2.75) is 58.2 Å². The van der Waals surface area contributed by atoms with Gasteiger partial charge in [0.05, 0.1) is 22.6 Å². The van der Waals surface area contributed by atoms with Gasteiger partial charge in [0.15, 0.2) is 0 Å². The number of allylic oxidation sites excluding steroid dienone is 2. The molecule has 1 heterocycles. The molecular formula is C26H31ClO5S. The van der Waals surface area contributed by atoms with Crippen LogP contribution in [0.5, 0.6) is 0 Å². The standard InChI is InChI=1S/C26H31ClO5S/c1-26(2)24(31)17(9-5-3-4-6-12-22(29)30)18(25(26)32)14-13-16(28)15-21-23(27)19-10-7-8-11-20(19)33-21/h3,5,7-8,10-11,13-14,16-18,25,28,32H,4,6,9,12,15H2,1-2H3,(H,29,30)/b5-3-,14-13+/t16-,17-,18-,25+/m1/s1. The summed E-state index contributed by atoms with van der Waals surface area (Å²) in [5.74, 6) is -1.60. The molecule has 4 atom stereocenters. The number of carbonyl (C=O) groups is 2. The van der Waals surface area contributed by atoms with E-state index in [1.165, 1.54) is 0 Å². The quantitative estimate of drug-likeness (QED) is 0.305. The summed E-state index contributed by atoms with van der Waals surface area (Å²) in [7, 11) is 0. The highest BCUT2D eigenvalue weighted by molar-refractivity contribution is 7.19. The average molecular weight is 491 g/mol. The molecule has 1 aliphatic carbocycles. The molecule has 0 aliphatic heterocycles. The van der Waals surface area contributed by atoms with E-state index in [4.69, 9.17) is 16.7 Å². The Kier molecular flexibility index (Phi) is 8.51. The van der Waals surface area contributed by atoms with Crippen LogP contribution in [0.25, 0.3) is 10.1 Å². The van der Waals surface area contributed by atoms with E-state index in [0.29, 0.717) is 30.7 Å². The van der Waals surface area contributed by atoms with E-state index < -0.39 is 29.5 Å². The fourth-order valence-electron chi connectivity index (χ4n) is 4.45. The number of rotatable bonds is 10. The number of carbonyl (C=O) groups excluding carboxylic acids is 1. The third-order valence-corrected chi connectivity index (χ3v) is 8.15. The van der Waals surface area contributed by atoms with Gasteiger partial charge in [-0.05, 0) is 25.3 Å². The van der Waals surface area contributed by atoms with Gasteiger partial charge in [0.1, 0.15) is 5.78 Å². The Morgan fingerprint density at radius 3 is 2.70 bits per heavy atom. The molecule has 3 rings (SSSR count). The number of unbranched alkanes of at least 4 members (excludes halogenated alkanes) is 1. The fourth-order valence-corrected chi connectivity index (χ4v) is 6.00. The highest BCUT2D eigenvalue weighted by atomic mass is 35.5. The number of carboxylic acid groups (broad SMARTS) is 1. The van der Waals surface area contributed by atoms with E-state index in [2.05, 4.69) is 0 Å². The van der Waals surface area contributed by atoms with Crippen LogP contribution in [0.2, 0.25) is 5.02 Å².